The summed E-state index contributed by atoms with van der Waals surface area (Å²) in [7, 11) is 4.07. The first-order chi connectivity index (χ1) is 8.50. The van der Waals surface area contributed by atoms with Gasteiger partial charge in [0.1, 0.15) is 0 Å². The Hall–Kier alpha value is -1.26. The van der Waals surface area contributed by atoms with E-state index < -0.39 is 0 Å². The molecule has 0 heterocycles. The number of amides is 1. The fourth-order valence-electron chi connectivity index (χ4n) is 1.58. The topological polar surface area (TPSA) is 58.4 Å². The molecule has 0 aliphatic carbocycles. The van der Waals surface area contributed by atoms with Gasteiger partial charge in [-0.2, -0.15) is 0 Å². The number of benzene rings is 1. The van der Waals surface area contributed by atoms with Crippen LogP contribution in [0, 0.1) is 0 Å². The molecule has 0 atom stereocenters. The molecule has 1 amide bonds. The molecule has 0 saturated carbocycles. The molecule has 0 unspecified atom stereocenters. The molecule has 3 N–H and O–H groups in total. The lowest BCUT2D eigenvalue weighted by molar-refractivity contribution is 0.0953. The third-order valence-corrected chi connectivity index (χ3v) is 2.81. The van der Waals surface area contributed by atoms with Crippen molar-refractivity contribution in [1.29, 1.82) is 0 Å². The highest BCUT2D eigenvalue weighted by molar-refractivity contribution is 6.31. The number of hydrogen-bond acceptors (Lipinski definition) is 3. The average molecular weight is 270 g/mol. The van der Waals surface area contributed by atoms with Gasteiger partial charge in [-0.3, -0.25) is 4.79 Å². The zero-order valence-electron chi connectivity index (χ0n) is 10.9. The van der Waals surface area contributed by atoms with E-state index in [1.165, 1.54) is 0 Å². The van der Waals surface area contributed by atoms with E-state index in [2.05, 4.69) is 10.2 Å². The zero-order valence-corrected chi connectivity index (χ0v) is 11.6. The van der Waals surface area contributed by atoms with Gasteiger partial charge in [0, 0.05) is 17.3 Å². The van der Waals surface area contributed by atoms with Crippen LogP contribution >= 0.6 is 11.6 Å². The fraction of sp³-hybridized carbons (Fsp3) is 0.462. The Kier molecular flexibility index (Phi) is 5.95. The van der Waals surface area contributed by atoms with Gasteiger partial charge >= 0.3 is 0 Å². The number of unbranched alkanes of at least 4 members (excludes halogenated alkanes) is 1. The molecule has 0 aliphatic heterocycles. The summed E-state index contributed by atoms with van der Waals surface area (Å²) >= 11 is 5.84. The lowest BCUT2D eigenvalue weighted by Crippen LogP contribution is -2.26. The number of nitrogen functional groups attached to an aromatic ring is 1. The van der Waals surface area contributed by atoms with Crippen LogP contribution in [0.5, 0.6) is 0 Å². The summed E-state index contributed by atoms with van der Waals surface area (Å²) in [6.45, 7) is 1.67. The number of hydrogen-bond donors (Lipinski definition) is 2. The predicted octanol–water partition coefficient (Wildman–Crippen LogP) is 1.99. The SMILES string of the molecule is CN(C)CCCCNC(=O)c1cc(Cl)ccc1N. The Morgan fingerprint density at radius 1 is 1.39 bits per heavy atom. The number of carbonyl (C=O) groups is 1. The van der Waals surface area contributed by atoms with Crippen LogP contribution < -0.4 is 11.1 Å². The summed E-state index contributed by atoms with van der Waals surface area (Å²) in [6.07, 6.45) is 2.00. The molecule has 100 valence electrons. The first-order valence-corrected chi connectivity index (χ1v) is 6.36. The van der Waals surface area contributed by atoms with Crippen LogP contribution in [0.3, 0.4) is 0 Å². The van der Waals surface area contributed by atoms with Crippen LogP contribution in [0.2, 0.25) is 5.02 Å². The lowest BCUT2D eigenvalue weighted by atomic mass is 10.1. The molecule has 5 heteroatoms. The Morgan fingerprint density at radius 3 is 2.78 bits per heavy atom. The maximum absolute atomic E-state index is 11.9. The van der Waals surface area contributed by atoms with Crippen LogP contribution in [-0.4, -0.2) is 38.0 Å². The molecule has 1 aromatic rings. The van der Waals surface area contributed by atoms with Crippen LogP contribution in [0.15, 0.2) is 18.2 Å². The van der Waals surface area contributed by atoms with E-state index in [4.69, 9.17) is 17.3 Å². The molecule has 4 nitrogen and oxygen atoms in total. The number of halogens is 1. The normalized spacial score (nSPS) is 10.7. The van der Waals surface area contributed by atoms with Crippen molar-refractivity contribution >= 4 is 23.2 Å². The van der Waals surface area contributed by atoms with Gasteiger partial charge in [-0.05, 0) is 51.7 Å². The molecule has 0 bridgehead atoms. The average Bonchev–Trinajstić information content (AvgIpc) is 2.31. The van der Waals surface area contributed by atoms with Gasteiger partial charge in [-0.15, -0.1) is 0 Å². The standard InChI is InChI=1S/C13H20ClN3O/c1-17(2)8-4-3-7-16-13(18)11-9-10(14)5-6-12(11)15/h5-6,9H,3-4,7-8,15H2,1-2H3,(H,16,18). The quantitative estimate of drug-likeness (QED) is 0.613. The minimum absolute atomic E-state index is 0.167. The van der Waals surface area contributed by atoms with Crippen molar-refractivity contribution in [3.63, 3.8) is 0 Å². The van der Waals surface area contributed by atoms with E-state index in [9.17, 15) is 4.79 Å². The molecule has 1 rings (SSSR count). The third kappa shape index (κ3) is 4.94. The Morgan fingerprint density at radius 2 is 2.11 bits per heavy atom. The highest BCUT2D eigenvalue weighted by Crippen LogP contribution is 2.17. The Balaban J connectivity index is 2.39. The van der Waals surface area contributed by atoms with E-state index in [1.54, 1.807) is 18.2 Å². The van der Waals surface area contributed by atoms with Gasteiger partial charge < -0.3 is 16.0 Å². The number of carbonyl (C=O) groups excluding carboxylic acids is 1. The maximum Gasteiger partial charge on any atom is 0.253 e. The van der Waals surface area contributed by atoms with Gasteiger partial charge in [0.2, 0.25) is 0 Å². The van der Waals surface area contributed by atoms with Crippen molar-refractivity contribution in [2.24, 2.45) is 0 Å². The highest BCUT2D eigenvalue weighted by atomic mass is 35.5. The van der Waals surface area contributed by atoms with E-state index in [1.807, 2.05) is 14.1 Å². The Bertz CT molecular complexity index is 407. The summed E-state index contributed by atoms with van der Waals surface area (Å²) < 4.78 is 0. The molecule has 0 aliphatic rings. The smallest absolute Gasteiger partial charge is 0.253 e. The fourth-order valence-corrected chi connectivity index (χ4v) is 1.75. The molecule has 1 aromatic carbocycles. The number of rotatable bonds is 6. The van der Waals surface area contributed by atoms with Gasteiger partial charge in [-0.1, -0.05) is 11.6 Å². The molecular weight excluding hydrogens is 250 g/mol. The minimum Gasteiger partial charge on any atom is -0.398 e. The van der Waals surface area contributed by atoms with Gasteiger partial charge in [0.05, 0.1) is 5.56 Å². The van der Waals surface area contributed by atoms with Crippen molar-refractivity contribution in [2.45, 2.75) is 12.8 Å². The second-order valence-corrected chi connectivity index (χ2v) is 4.93. The minimum atomic E-state index is -0.167. The van der Waals surface area contributed by atoms with Crippen molar-refractivity contribution in [3.8, 4) is 0 Å². The monoisotopic (exact) mass is 269 g/mol. The van der Waals surface area contributed by atoms with Crippen LogP contribution in [0.4, 0.5) is 5.69 Å². The number of nitrogens with one attached hydrogen (secondary N) is 1. The third-order valence-electron chi connectivity index (χ3n) is 2.58. The van der Waals surface area contributed by atoms with Crippen LogP contribution in [-0.2, 0) is 0 Å². The molecule has 0 fully saturated rings. The van der Waals surface area contributed by atoms with Crippen LogP contribution in [0.25, 0.3) is 0 Å². The first kappa shape index (κ1) is 14.8. The number of nitrogens with zero attached hydrogens (tertiary/aromatic N) is 1. The summed E-state index contributed by atoms with van der Waals surface area (Å²) in [5.41, 5.74) is 6.62. The molecular formula is C13H20ClN3O. The van der Waals surface area contributed by atoms with E-state index >= 15 is 0 Å². The van der Waals surface area contributed by atoms with E-state index in [0.29, 0.717) is 22.8 Å². The van der Waals surface area contributed by atoms with Gasteiger partial charge in [-0.25, -0.2) is 0 Å². The second-order valence-electron chi connectivity index (χ2n) is 4.50. The first-order valence-electron chi connectivity index (χ1n) is 5.98. The van der Waals surface area contributed by atoms with Crippen molar-refractivity contribution in [2.75, 3.05) is 32.9 Å². The summed E-state index contributed by atoms with van der Waals surface area (Å²) in [6, 6.07) is 4.90. The molecule has 0 saturated heterocycles. The van der Waals surface area contributed by atoms with Gasteiger partial charge in [0.15, 0.2) is 0 Å². The molecule has 0 aromatic heterocycles. The highest BCUT2D eigenvalue weighted by Gasteiger charge is 2.09. The summed E-state index contributed by atoms with van der Waals surface area (Å²) in [5.74, 6) is -0.167. The lowest BCUT2D eigenvalue weighted by Gasteiger charge is -2.10. The van der Waals surface area contributed by atoms with Crippen molar-refractivity contribution in [3.05, 3.63) is 28.8 Å². The number of nitrogens with two attached hydrogens (primary N) is 1. The number of anilines is 1. The molecule has 0 spiro atoms. The summed E-state index contributed by atoms with van der Waals surface area (Å²) in [5, 5.41) is 3.36. The molecule has 0 radical (unpaired) electrons. The second kappa shape index (κ2) is 7.24. The van der Waals surface area contributed by atoms with Crippen molar-refractivity contribution < 1.29 is 4.79 Å². The van der Waals surface area contributed by atoms with Crippen LogP contribution in [0.1, 0.15) is 23.2 Å². The predicted molar refractivity (Wildman–Crippen MR) is 76.0 cm³/mol. The molecule has 18 heavy (non-hydrogen) atoms. The maximum atomic E-state index is 11.9. The van der Waals surface area contributed by atoms with E-state index in [-0.39, 0.29) is 5.91 Å². The summed E-state index contributed by atoms with van der Waals surface area (Å²) in [4.78, 5) is 14.0. The zero-order chi connectivity index (χ0) is 13.5. The van der Waals surface area contributed by atoms with Gasteiger partial charge in [0.25, 0.3) is 5.91 Å². The van der Waals surface area contributed by atoms with E-state index in [0.717, 1.165) is 19.4 Å². The van der Waals surface area contributed by atoms with Crippen molar-refractivity contribution in [1.82, 2.24) is 10.2 Å². The largest absolute Gasteiger partial charge is 0.398 e. The Labute approximate surface area is 113 Å².